The van der Waals surface area contributed by atoms with E-state index in [1.807, 2.05) is 19.3 Å². The molecule has 4 rings (SSSR count). The first kappa shape index (κ1) is 36.3. The molecule has 10 nitrogen and oxygen atoms in total. The number of nitrogens with one attached hydrogen (secondary N) is 1. The minimum Gasteiger partial charge on any atom is -0.405 e. The van der Waals surface area contributed by atoms with Crippen molar-refractivity contribution in [3.63, 3.8) is 0 Å². The first-order valence-corrected chi connectivity index (χ1v) is 20.5. The number of benzene rings is 1. The van der Waals surface area contributed by atoms with Crippen LogP contribution in [0.3, 0.4) is 0 Å². The van der Waals surface area contributed by atoms with Crippen LogP contribution in [0.4, 0.5) is 20.3 Å². The van der Waals surface area contributed by atoms with Crippen molar-refractivity contribution in [2.24, 2.45) is 11.4 Å². The Labute approximate surface area is 277 Å². The van der Waals surface area contributed by atoms with Gasteiger partial charge < -0.3 is 14.6 Å². The van der Waals surface area contributed by atoms with E-state index in [9.17, 15) is 22.6 Å². The number of carbonyl (C=O) groups excluding carboxylic acids is 2. The van der Waals surface area contributed by atoms with Crippen LogP contribution < -0.4 is 10.2 Å². The Morgan fingerprint density at radius 2 is 1.87 bits per heavy atom. The van der Waals surface area contributed by atoms with E-state index in [1.165, 1.54) is 12.3 Å². The van der Waals surface area contributed by atoms with E-state index in [-0.39, 0.29) is 41.3 Å². The van der Waals surface area contributed by atoms with Gasteiger partial charge in [-0.1, -0.05) is 26.8 Å². The minimum atomic E-state index is -3.20. The minimum absolute atomic E-state index is 0.0481. The van der Waals surface area contributed by atoms with Crippen LogP contribution in [0.2, 0.25) is 18.1 Å². The zero-order valence-corrected chi connectivity index (χ0v) is 30.5. The van der Waals surface area contributed by atoms with E-state index in [2.05, 4.69) is 40.5 Å². The molecule has 1 N–H and O–H groups in total. The summed E-state index contributed by atoms with van der Waals surface area (Å²) in [4.78, 5) is 33.7. The molecular formula is C33H46F2N6O4SSi. The zero-order chi connectivity index (χ0) is 34.9. The van der Waals surface area contributed by atoms with Crippen molar-refractivity contribution >= 4 is 41.4 Å². The quantitative estimate of drug-likeness (QED) is 0.252. The number of anilines is 2. The van der Waals surface area contributed by atoms with Crippen LogP contribution in [-0.2, 0) is 26.0 Å². The molecule has 1 saturated heterocycles. The molecule has 2 atom stereocenters. The highest BCUT2D eigenvalue weighted by atomic mass is 32.2. The molecule has 256 valence electrons. The summed E-state index contributed by atoms with van der Waals surface area (Å²) in [6.45, 7) is 14.1. The Bertz CT molecular complexity index is 1780. The number of carbonyl (C=O) groups is 2. The molecule has 3 aromatic rings. The van der Waals surface area contributed by atoms with Gasteiger partial charge >= 0.3 is 0 Å². The number of rotatable bonds is 8. The number of hydrogen-bond acceptors (Lipinski definition) is 7. The van der Waals surface area contributed by atoms with Crippen molar-refractivity contribution in [2.45, 2.75) is 88.9 Å². The third-order valence-corrected chi connectivity index (χ3v) is 15.2. The van der Waals surface area contributed by atoms with Crippen LogP contribution >= 0.6 is 0 Å². The lowest BCUT2D eigenvalue weighted by Gasteiger charge is -2.37. The summed E-state index contributed by atoms with van der Waals surface area (Å²) in [5.74, 6) is -3.58. The van der Waals surface area contributed by atoms with Crippen molar-refractivity contribution in [2.75, 3.05) is 29.6 Å². The van der Waals surface area contributed by atoms with Crippen LogP contribution in [0, 0.1) is 6.92 Å². The highest BCUT2D eigenvalue weighted by molar-refractivity contribution is 7.93. The molecule has 1 fully saturated rings. The van der Waals surface area contributed by atoms with Crippen molar-refractivity contribution < 1.29 is 27.0 Å². The van der Waals surface area contributed by atoms with E-state index in [0.717, 1.165) is 5.56 Å². The fraction of sp³-hybridized carbons (Fsp3) is 0.515. The molecule has 3 heterocycles. The summed E-state index contributed by atoms with van der Waals surface area (Å²) < 4.78 is 54.1. The summed E-state index contributed by atoms with van der Waals surface area (Å²) >= 11 is 0. The maximum absolute atomic E-state index is 14.3. The topological polar surface area (TPSA) is 119 Å². The number of halogens is 2. The van der Waals surface area contributed by atoms with Gasteiger partial charge in [0.2, 0.25) is 5.92 Å². The number of pyridine rings is 1. The van der Waals surface area contributed by atoms with E-state index in [1.54, 1.807) is 61.1 Å². The third-order valence-electron chi connectivity index (χ3n) is 9.00. The molecule has 2 aromatic heterocycles. The molecule has 0 aliphatic carbocycles. The molecule has 1 aliphatic rings. The smallest absolute Gasteiger partial charge is 0.281 e. The largest absolute Gasteiger partial charge is 0.405 e. The Kier molecular flexibility index (Phi) is 10.5. The van der Waals surface area contributed by atoms with Gasteiger partial charge in [0.25, 0.3) is 11.8 Å². The van der Waals surface area contributed by atoms with Crippen molar-refractivity contribution in [1.82, 2.24) is 14.8 Å². The molecule has 1 aliphatic heterocycles. The van der Waals surface area contributed by atoms with Gasteiger partial charge in [-0.15, -0.1) is 0 Å². The zero-order valence-electron chi connectivity index (χ0n) is 28.7. The predicted molar refractivity (Wildman–Crippen MR) is 184 cm³/mol. The fourth-order valence-electron chi connectivity index (χ4n) is 5.20. The molecule has 1 aromatic carbocycles. The monoisotopic (exact) mass is 688 g/mol. The fourth-order valence-corrected chi connectivity index (χ4v) is 7.81. The molecule has 0 radical (unpaired) electrons. The van der Waals surface area contributed by atoms with Crippen LogP contribution in [0.1, 0.15) is 62.9 Å². The van der Waals surface area contributed by atoms with Crippen LogP contribution in [0.15, 0.2) is 52.1 Å². The van der Waals surface area contributed by atoms with Crippen molar-refractivity contribution in [3.8, 4) is 11.1 Å². The Morgan fingerprint density at radius 1 is 1.17 bits per heavy atom. The highest BCUT2D eigenvalue weighted by Gasteiger charge is 2.40. The van der Waals surface area contributed by atoms with Gasteiger partial charge in [-0.25, -0.2) is 18.0 Å². The first-order valence-electron chi connectivity index (χ1n) is 15.7. The lowest BCUT2D eigenvalue weighted by molar-refractivity contribution is -0.124. The Hall–Kier alpha value is -3.49. The third kappa shape index (κ3) is 8.51. The Balaban J connectivity index is 1.66. The SMILES string of the molecule is Cc1c(-c2cnn(C)c2)cnc(N2CCCC(F)(F)CC2)c1C(=O)Nc1cccc([S@@](C)(=O)=NC(=O)[C@@H](C)O[Si](C)(C)C(C)(C)C)c1. The van der Waals surface area contributed by atoms with Crippen molar-refractivity contribution in [3.05, 3.63) is 54.0 Å². The average molecular weight is 689 g/mol. The highest BCUT2D eigenvalue weighted by Crippen LogP contribution is 2.38. The molecular weight excluding hydrogens is 643 g/mol. The van der Waals surface area contributed by atoms with Crippen LogP contribution in [-0.4, -0.2) is 70.5 Å². The summed E-state index contributed by atoms with van der Waals surface area (Å²) in [5.41, 5.74) is 2.63. The van der Waals surface area contributed by atoms with Gasteiger partial charge in [0.1, 0.15) is 11.9 Å². The summed E-state index contributed by atoms with van der Waals surface area (Å²) in [5, 5.41) is 7.00. The number of aryl methyl sites for hydroxylation is 1. The molecule has 0 spiro atoms. The second-order valence-corrected chi connectivity index (χ2v) is 20.8. The number of hydrogen-bond donors (Lipinski definition) is 1. The van der Waals surface area contributed by atoms with E-state index >= 15 is 0 Å². The molecule has 2 amide bonds. The molecule has 0 unspecified atom stereocenters. The van der Waals surface area contributed by atoms with Gasteiger partial charge in [-0.2, -0.15) is 9.46 Å². The average Bonchev–Trinajstić information content (AvgIpc) is 3.30. The standard InChI is InChI=1S/C33H46F2N6O4SSi/c1-22-27(24-19-37-40(6)21-24)20-36-29(41-16-11-14-33(34,35)15-17-41)28(22)31(43)38-25-12-10-13-26(18-25)46(7,44)39-30(42)23(2)45-47(8,9)32(3,4)5/h10,12-13,18-21,23H,11,14-17H2,1-9H3,(H,38,43)/t23-,46-/m1/s1. The molecule has 14 heteroatoms. The van der Waals surface area contributed by atoms with E-state index in [0.29, 0.717) is 29.2 Å². The second kappa shape index (κ2) is 13.6. The number of nitrogens with zero attached hydrogens (tertiary/aromatic N) is 5. The second-order valence-electron chi connectivity index (χ2n) is 13.8. The Morgan fingerprint density at radius 3 is 2.51 bits per heavy atom. The summed E-state index contributed by atoms with van der Waals surface area (Å²) in [7, 11) is -3.69. The number of alkyl halides is 2. The lowest BCUT2D eigenvalue weighted by Crippen LogP contribution is -2.45. The molecule has 0 saturated carbocycles. The molecule has 0 bridgehead atoms. The van der Waals surface area contributed by atoms with Gasteiger partial charge in [-0.3, -0.25) is 14.3 Å². The summed E-state index contributed by atoms with van der Waals surface area (Å²) in [6.07, 6.45) is 5.33. The summed E-state index contributed by atoms with van der Waals surface area (Å²) in [6, 6.07) is 6.38. The van der Waals surface area contributed by atoms with Crippen LogP contribution in [0.25, 0.3) is 11.1 Å². The van der Waals surface area contributed by atoms with Crippen LogP contribution in [0.5, 0.6) is 0 Å². The molecule has 47 heavy (non-hydrogen) atoms. The van der Waals surface area contributed by atoms with Gasteiger partial charge in [0, 0.05) is 73.3 Å². The predicted octanol–water partition coefficient (Wildman–Crippen LogP) is 7.06. The van der Waals surface area contributed by atoms with Gasteiger partial charge in [0.15, 0.2) is 8.32 Å². The normalized spacial score (nSPS) is 17.4. The maximum atomic E-state index is 14.3. The lowest BCUT2D eigenvalue weighted by atomic mass is 9.99. The number of aromatic nitrogens is 3. The van der Waals surface area contributed by atoms with E-state index < -0.39 is 41.9 Å². The number of amides is 2. The first-order chi connectivity index (χ1) is 21.7. The van der Waals surface area contributed by atoms with Gasteiger partial charge in [-0.05, 0) is 62.2 Å². The van der Waals surface area contributed by atoms with Crippen molar-refractivity contribution in [1.29, 1.82) is 0 Å². The van der Waals surface area contributed by atoms with Gasteiger partial charge in [0.05, 0.1) is 21.5 Å². The van der Waals surface area contributed by atoms with E-state index in [4.69, 9.17) is 4.43 Å². The maximum Gasteiger partial charge on any atom is 0.281 e.